The molecular formula is C19H17N5O3. The normalized spacial score (nSPS) is 11.2. The van der Waals surface area contributed by atoms with E-state index in [2.05, 4.69) is 20.3 Å². The number of nitrogens with zero attached hydrogens (tertiary/aromatic N) is 2. The fourth-order valence-electron chi connectivity index (χ4n) is 3.14. The summed E-state index contributed by atoms with van der Waals surface area (Å²) < 4.78 is 1.63. The predicted octanol–water partition coefficient (Wildman–Crippen LogP) is 2.15. The molecule has 0 unspecified atom stereocenters. The molecule has 0 aliphatic rings. The molecule has 0 aliphatic heterocycles. The van der Waals surface area contributed by atoms with E-state index in [1.807, 2.05) is 6.92 Å². The second-order valence-corrected chi connectivity index (χ2v) is 6.24. The van der Waals surface area contributed by atoms with Gasteiger partial charge in [-0.1, -0.05) is 0 Å². The van der Waals surface area contributed by atoms with Gasteiger partial charge in [0.05, 0.1) is 22.1 Å². The molecule has 4 aromatic rings. The number of aromatic amines is 2. The summed E-state index contributed by atoms with van der Waals surface area (Å²) in [6, 6.07) is 10.2. The van der Waals surface area contributed by atoms with E-state index in [4.69, 9.17) is 0 Å². The third-order valence-electron chi connectivity index (χ3n) is 4.46. The number of rotatable bonds is 3. The summed E-state index contributed by atoms with van der Waals surface area (Å²) in [5.74, 6) is -0.303. The van der Waals surface area contributed by atoms with Crippen molar-refractivity contribution in [1.82, 2.24) is 19.5 Å². The van der Waals surface area contributed by atoms with Crippen molar-refractivity contribution >= 4 is 33.7 Å². The number of carbonyl (C=O) groups excluding carboxylic acids is 1. The summed E-state index contributed by atoms with van der Waals surface area (Å²) in [6.45, 7) is 4.08. The molecule has 0 radical (unpaired) electrons. The Kier molecular flexibility index (Phi) is 3.88. The zero-order chi connectivity index (χ0) is 19.1. The SMILES string of the molecule is CCn1c(=O)c(C)nc2cc(C(=O)Nc3ccc4[nH]c(=O)[nH]c4c3)ccc21. The van der Waals surface area contributed by atoms with Crippen molar-refractivity contribution in [2.24, 2.45) is 0 Å². The van der Waals surface area contributed by atoms with E-state index in [1.165, 1.54) is 0 Å². The molecule has 0 bridgehead atoms. The number of amides is 1. The van der Waals surface area contributed by atoms with Gasteiger partial charge in [-0.15, -0.1) is 0 Å². The number of carbonyl (C=O) groups is 1. The zero-order valence-electron chi connectivity index (χ0n) is 14.8. The van der Waals surface area contributed by atoms with Crippen LogP contribution in [0.15, 0.2) is 46.0 Å². The van der Waals surface area contributed by atoms with Crippen LogP contribution >= 0.6 is 0 Å². The Morgan fingerprint density at radius 2 is 1.89 bits per heavy atom. The van der Waals surface area contributed by atoms with Crippen molar-refractivity contribution in [3.63, 3.8) is 0 Å². The Labute approximate surface area is 152 Å². The maximum atomic E-state index is 12.6. The molecule has 136 valence electrons. The Morgan fingerprint density at radius 1 is 1.11 bits per heavy atom. The molecule has 0 atom stereocenters. The number of hydrogen-bond donors (Lipinski definition) is 3. The first-order chi connectivity index (χ1) is 13.0. The number of aryl methyl sites for hydroxylation is 2. The van der Waals surface area contributed by atoms with E-state index in [-0.39, 0.29) is 17.2 Å². The number of aromatic nitrogens is 4. The van der Waals surface area contributed by atoms with Gasteiger partial charge in [0, 0.05) is 17.8 Å². The van der Waals surface area contributed by atoms with Crippen molar-refractivity contribution < 1.29 is 4.79 Å². The lowest BCUT2D eigenvalue weighted by molar-refractivity contribution is 0.102. The van der Waals surface area contributed by atoms with Crippen molar-refractivity contribution in [2.75, 3.05) is 5.32 Å². The van der Waals surface area contributed by atoms with Gasteiger partial charge in [0.15, 0.2) is 0 Å². The van der Waals surface area contributed by atoms with Crippen LogP contribution in [0.2, 0.25) is 0 Å². The monoisotopic (exact) mass is 363 g/mol. The van der Waals surface area contributed by atoms with Gasteiger partial charge < -0.3 is 19.9 Å². The number of H-pyrrole nitrogens is 2. The summed E-state index contributed by atoms with van der Waals surface area (Å²) in [5, 5.41) is 2.81. The van der Waals surface area contributed by atoms with Crippen LogP contribution in [0, 0.1) is 6.92 Å². The second kappa shape index (κ2) is 6.24. The maximum Gasteiger partial charge on any atom is 0.323 e. The van der Waals surface area contributed by atoms with Crippen molar-refractivity contribution in [3.05, 3.63) is 68.5 Å². The van der Waals surface area contributed by atoms with Gasteiger partial charge >= 0.3 is 5.69 Å². The summed E-state index contributed by atoms with van der Waals surface area (Å²) in [5.41, 5.74) is 3.51. The molecule has 27 heavy (non-hydrogen) atoms. The van der Waals surface area contributed by atoms with Crippen LogP contribution in [0.1, 0.15) is 23.0 Å². The standard InChI is InChI=1S/C19H17N5O3/c1-3-24-16-7-4-11(8-15(16)20-10(2)18(24)26)17(25)21-12-5-6-13-14(9-12)23-19(27)22-13/h4-9H,3H2,1-2H3,(H,21,25)(H2,22,23,27). The molecule has 8 heteroatoms. The first-order valence-corrected chi connectivity index (χ1v) is 8.51. The maximum absolute atomic E-state index is 12.6. The smallest absolute Gasteiger partial charge is 0.322 e. The van der Waals surface area contributed by atoms with E-state index in [0.717, 1.165) is 0 Å². The molecule has 8 nitrogen and oxygen atoms in total. The van der Waals surface area contributed by atoms with Crippen LogP contribution < -0.4 is 16.6 Å². The van der Waals surface area contributed by atoms with E-state index in [0.29, 0.717) is 45.6 Å². The number of hydrogen-bond acceptors (Lipinski definition) is 4. The van der Waals surface area contributed by atoms with Crippen molar-refractivity contribution in [3.8, 4) is 0 Å². The molecule has 1 amide bonds. The zero-order valence-corrected chi connectivity index (χ0v) is 14.8. The van der Waals surface area contributed by atoms with Crippen LogP contribution in [0.5, 0.6) is 0 Å². The van der Waals surface area contributed by atoms with Crippen molar-refractivity contribution in [2.45, 2.75) is 20.4 Å². The Bertz CT molecular complexity index is 1310. The van der Waals surface area contributed by atoms with E-state index < -0.39 is 0 Å². The van der Waals surface area contributed by atoms with Gasteiger partial charge in [-0.2, -0.15) is 0 Å². The van der Waals surface area contributed by atoms with Gasteiger partial charge in [0.25, 0.3) is 11.5 Å². The number of anilines is 1. The molecule has 0 spiro atoms. The highest BCUT2D eigenvalue weighted by Gasteiger charge is 2.12. The minimum Gasteiger partial charge on any atom is -0.322 e. The average Bonchev–Trinajstić information content (AvgIpc) is 3.01. The lowest BCUT2D eigenvalue weighted by Crippen LogP contribution is -2.23. The summed E-state index contributed by atoms with van der Waals surface area (Å²) >= 11 is 0. The molecule has 0 saturated carbocycles. The fourth-order valence-corrected chi connectivity index (χ4v) is 3.14. The molecule has 3 N–H and O–H groups in total. The van der Waals surface area contributed by atoms with Crippen LogP contribution in [-0.2, 0) is 6.54 Å². The van der Waals surface area contributed by atoms with Gasteiger partial charge in [0.2, 0.25) is 0 Å². The highest BCUT2D eigenvalue weighted by molar-refractivity contribution is 6.06. The Morgan fingerprint density at radius 3 is 2.67 bits per heavy atom. The van der Waals surface area contributed by atoms with Gasteiger partial charge in [0.1, 0.15) is 5.69 Å². The molecule has 0 aliphatic carbocycles. The lowest BCUT2D eigenvalue weighted by Gasteiger charge is -2.10. The molecule has 0 fully saturated rings. The van der Waals surface area contributed by atoms with E-state index in [1.54, 1.807) is 47.9 Å². The van der Waals surface area contributed by atoms with Gasteiger partial charge in [-0.3, -0.25) is 9.59 Å². The molecule has 2 aromatic carbocycles. The fraction of sp³-hybridized carbons (Fsp3) is 0.158. The number of benzene rings is 2. The topological polar surface area (TPSA) is 113 Å². The number of nitrogens with one attached hydrogen (secondary N) is 3. The minimum absolute atomic E-state index is 0.129. The molecule has 4 rings (SSSR count). The Hall–Kier alpha value is -3.68. The molecule has 2 heterocycles. The van der Waals surface area contributed by atoms with Crippen LogP contribution in [0.4, 0.5) is 5.69 Å². The first kappa shape index (κ1) is 16.8. The van der Waals surface area contributed by atoms with Gasteiger partial charge in [-0.25, -0.2) is 9.78 Å². The average molecular weight is 363 g/mol. The number of imidazole rings is 1. The summed E-state index contributed by atoms with van der Waals surface area (Å²) in [7, 11) is 0. The highest BCUT2D eigenvalue weighted by Crippen LogP contribution is 2.18. The van der Waals surface area contributed by atoms with Crippen molar-refractivity contribution in [1.29, 1.82) is 0 Å². The highest BCUT2D eigenvalue weighted by atomic mass is 16.2. The summed E-state index contributed by atoms with van der Waals surface area (Å²) in [6.07, 6.45) is 0. The van der Waals surface area contributed by atoms with E-state index >= 15 is 0 Å². The second-order valence-electron chi connectivity index (χ2n) is 6.24. The van der Waals surface area contributed by atoms with Crippen LogP contribution in [0.25, 0.3) is 22.1 Å². The van der Waals surface area contributed by atoms with Crippen LogP contribution in [0.3, 0.4) is 0 Å². The summed E-state index contributed by atoms with van der Waals surface area (Å²) in [4.78, 5) is 45.8. The molecule has 0 saturated heterocycles. The van der Waals surface area contributed by atoms with E-state index in [9.17, 15) is 14.4 Å². The number of fused-ring (bicyclic) bond motifs is 2. The van der Waals surface area contributed by atoms with Gasteiger partial charge in [-0.05, 0) is 50.2 Å². The Balaban J connectivity index is 1.70. The largest absolute Gasteiger partial charge is 0.323 e. The third-order valence-corrected chi connectivity index (χ3v) is 4.46. The minimum atomic E-state index is -0.303. The quantitative estimate of drug-likeness (QED) is 0.517. The predicted molar refractivity (Wildman–Crippen MR) is 103 cm³/mol. The lowest BCUT2D eigenvalue weighted by atomic mass is 10.1. The van der Waals surface area contributed by atoms with Crippen LogP contribution in [-0.4, -0.2) is 25.4 Å². The third kappa shape index (κ3) is 2.91. The molecular weight excluding hydrogens is 346 g/mol. The molecule has 2 aromatic heterocycles. The first-order valence-electron chi connectivity index (χ1n) is 8.51.